The summed E-state index contributed by atoms with van der Waals surface area (Å²) in [7, 11) is 4.64. The van der Waals surface area contributed by atoms with Gasteiger partial charge in [-0.3, -0.25) is 9.63 Å². The van der Waals surface area contributed by atoms with Crippen molar-refractivity contribution >= 4 is 12.0 Å². The van der Waals surface area contributed by atoms with Crippen molar-refractivity contribution < 1.29 is 19.1 Å². The van der Waals surface area contributed by atoms with E-state index in [9.17, 15) is 4.79 Å². The molecule has 0 spiro atoms. The molecule has 1 amide bonds. The molecular formula is C17H23NO4. The van der Waals surface area contributed by atoms with E-state index in [1.165, 1.54) is 26.0 Å². The van der Waals surface area contributed by atoms with Crippen molar-refractivity contribution in [3.8, 4) is 11.5 Å². The maximum absolute atomic E-state index is 11.7. The first-order chi connectivity index (χ1) is 10.6. The van der Waals surface area contributed by atoms with Gasteiger partial charge in [0.25, 0.3) is 5.91 Å². The van der Waals surface area contributed by atoms with E-state index in [1.54, 1.807) is 20.2 Å². The second kappa shape index (κ2) is 7.84. The largest absolute Gasteiger partial charge is 0.493 e. The molecule has 22 heavy (non-hydrogen) atoms. The average molecular weight is 305 g/mol. The van der Waals surface area contributed by atoms with Gasteiger partial charge in [0.05, 0.1) is 20.3 Å². The molecule has 120 valence electrons. The van der Waals surface area contributed by atoms with Crippen molar-refractivity contribution in [2.75, 3.05) is 21.3 Å². The van der Waals surface area contributed by atoms with E-state index < -0.39 is 0 Å². The zero-order valence-corrected chi connectivity index (χ0v) is 13.4. The second-order valence-electron chi connectivity index (χ2n) is 5.29. The number of carbonyl (C=O) groups is 1. The molecule has 0 N–H and O–H groups in total. The van der Waals surface area contributed by atoms with Crippen LogP contribution in [0.3, 0.4) is 0 Å². The predicted octanol–water partition coefficient (Wildman–Crippen LogP) is 3.05. The molecule has 1 aliphatic carbocycles. The van der Waals surface area contributed by atoms with Crippen molar-refractivity contribution in [2.45, 2.75) is 31.8 Å². The molecule has 0 heterocycles. The Morgan fingerprint density at radius 2 is 1.95 bits per heavy atom. The van der Waals surface area contributed by atoms with Crippen LogP contribution in [-0.4, -0.2) is 38.3 Å². The summed E-state index contributed by atoms with van der Waals surface area (Å²) in [5, 5.41) is 1.16. The van der Waals surface area contributed by atoms with Crippen LogP contribution >= 0.6 is 0 Å². The third kappa shape index (κ3) is 4.24. The van der Waals surface area contributed by atoms with E-state index in [0.29, 0.717) is 5.75 Å². The van der Waals surface area contributed by atoms with E-state index in [2.05, 4.69) is 0 Å². The number of ether oxygens (including phenoxy) is 2. The summed E-state index contributed by atoms with van der Waals surface area (Å²) >= 11 is 0. The molecule has 1 aromatic rings. The lowest BCUT2D eigenvalue weighted by atomic mass is 10.2. The van der Waals surface area contributed by atoms with Gasteiger partial charge in [-0.25, -0.2) is 5.06 Å². The summed E-state index contributed by atoms with van der Waals surface area (Å²) in [4.78, 5) is 16.5. The Bertz CT molecular complexity index is 535. The molecule has 0 unspecified atom stereocenters. The number of hydrogen-bond acceptors (Lipinski definition) is 4. The third-order valence-electron chi connectivity index (χ3n) is 3.79. The fraction of sp³-hybridized carbons (Fsp3) is 0.471. The number of nitrogens with zero attached hydrogens (tertiary/aromatic N) is 1. The molecule has 1 fully saturated rings. The number of benzene rings is 1. The van der Waals surface area contributed by atoms with Crippen LogP contribution in [0.15, 0.2) is 24.3 Å². The Labute approximate surface area is 131 Å². The number of likely N-dealkylation sites (N-methyl/N-ethyl adjacent to an activating group) is 1. The smallest absolute Gasteiger partial charge is 0.269 e. The van der Waals surface area contributed by atoms with Crippen LogP contribution in [0.1, 0.15) is 31.2 Å². The van der Waals surface area contributed by atoms with Crippen LogP contribution < -0.4 is 9.47 Å². The van der Waals surface area contributed by atoms with Gasteiger partial charge in [-0.1, -0.05) is 6.07 Å². The lowest BCUT2D eigenvalue weighted by molar-refractivity contribution is -0.162. The van der Waals surface area contributed by atoms with Crippen LogP contribution in [0.2, 0.25) is 0 Å². The summed E-state index contributed by atoms with van der Waals surface area (Å²) < 4.78 is 11.4. The van der Waals surface area contributed by atoms with Gasteiger partial charge in [0, 0.05) is 13.1 Å². The standard InChI is InChI=1S/C17H23NO4/c1-18(21-3)17(19)11-9-13-8-10-15(20-2)16(12-13)22-14-6-4-5-7-14/h8-12,14H,4-7H2,1-3H3. The SMILES string of the molecule is COc1ccc(C=CC(=O)N(C)OC)cc1OC1CCCC1. The van der Waals surface area contributed by atoms with Crippen molar-refractivity contribution in [3.63, 3.8) is 0 Å². The van der Waals surface area contributed by atoms with Gasteiger partial charge in [-0.15, -0.1) is 0 Å². The van der Waals surface area contributed by atoms with E-state index in [-0.39, 0.29) is 12.0 Å². The minimum absolute atomic E-state index is 0.225. The fourth-order valence-electron chi connectivity index (χ4n) is 2.44. The Balaban J connectivity index is 2.12. The molecule has 5 heteroatoms. The molecule has 0 bridgehead atoms. The highest BCUT2D eigenvalue weighted by Crippen LogP contribution is 2.32. The average Bonchev–Trinajstić information content (AvgIpc) is 3.05. The molecule has 2 rings (SSSR count). The van der Waals surface area contributed by atoms with Gasteiger partial charge in [0.1, 0.15) is 0 Å². The highest BCUT2D eigenvalue weighted by molar-refractivity contribution is 5.90. The Morgan fingerprint density at radius 3 is 2.59 bits per heavy atom. The number of methoxy groups -OCH3 is 1. The molecule has 0 radical (unpaired) electrons. The summed E-state index contributed by atoms with van der Waals surface area (Å²) in [6, 6.07) is 5.64. The highest BCUT2D eigenvalue weighted by atomic mass is 16.7. The monoisotopic (exact) mass is 305 g/mol. The molecule has 1 aliphatic rings. The van der Waals surface area contributed by atoms with Gasteiger partial charge >= 0.3 is 0 Å². The van der Waals surface area contributed by atoms with Crippen molar-refractivity contribution in [1.29, 1.82) is 0 Å². The lowest BCUT2D eigenvalue weighted by Crippen LogP contribution is -2.22. The normalized spacial score (nSPS) is 15.2. The molecule has 1 aromatic carbocycles. The van der Waals surface area contributed by atoms with Crippen LogP contribution in [-0.2, 0) is 9.63 Å². The molecule has 0 atom stereocenters. The lowest BCUT2D eigenvalue weighted by Gasteiger charge is -2.16. The minimum Gasteiger partial charge on any atom is -0.493 e. The molecule has 5 nitrogen and oxygen atoms in total. The Kier molecular flexibility index (Phi) is 5.83. The second-order valence-corrected chi connectivity index (χ2v) is 5.29. The first-order valence-electron chi connectivity index (χ1n) is 7.48. The van der Waals surface area contributed by atoms with Gasteiger partial charge in [0.2, 0.25) is 0 Å². The van der Waals surface area contributed by atoms with E-state index >= 15 is 0 Å². The molecular weight excluding hydrogens is 282 g/mol. The van der Waals surface area contributed by atoms with Crippen LogP contribution in [0.5, 0.6) is 11.5 Å². The van der Waals surface area contributed by atoms with Crippen LogP contribution in [0.4, 0.5) is 0 Å². The minimum atomic E-state index is -0.225. The van der Waals surface area contributed by atoms with E-state index in [1.807, 2.05) is 18.2 Å². The van der Waals surface area contributed by atoms with Gasteiger partial charge < -0.3 is 9.47 Å². The number of hydroxylamine groups is 2. The van der Waals surface area contributed by atoms with Gasteiger partial charge in [0.15, 0.2) is 11.5 Å². The zero-order valence-electron chi connectivity index (χ0n) is 13.4. The first-order valence-corrected chi connectivity index (χ1v) is 7.48. The number of hydrogen-bond donors (Lipinski definition) is 0. The Hall–Kier alpha value is -2.01. The number of amides is 1. The summed E-state index contributed by atoms with van der Waals surface area (Å²) in [5.74, 6) is 1.21. The number of rotatable bonds is 6. The van der Waals surface area contributed by atoms with Crippen molar-refractivity contribution in [1.82, 2.24) is 5.06 Å². The third-order valence-corrected chi connectivity index (χ3v) is 3.79. The van der Waals surface area contributed by atoms with Gasteiger partial charge in [-0.2, -0.15) is 0 Å². The Morgan fingerprint density at radius 1 is 1.23 bits per heavy atom. The van der Waals surface area contributed by atoms with Gasteiger partial charge in [-0.05, 0) is 49.5 Å². The molecule has 0 aliphatic heterocycles. The van der Waals surface area contributed by atoms with Crippen LogP contribution in [0.25, 0.3) is 6.08 Å². The van der Waals surface area contributed by atoms with E-state index in [4.69, 9.17) is 14.3 Å². The zero-order chi connectivity index (χ0) is 15.9. The quantitative estimate of drug-likeness (QED) is 0.599. The summed E-state index contributed by atoms with van der Waals surface area (Å²) in [5.41, 5.74) is 0.881. The molecule has 1 saturated carbocycles. The maximum atomic E-state index is 11.7. The first kappa shape index (κ1) is 16.4. The predicted molar refractivity (Wildman–Crippen MR) is 84.7 cm³/mol. The van der Waals surface area contributed by atoms with Crippen molar-refractivity contribution in [2.24, 2.45) is 0 Å². The molecule has 0 aromatic heterocycles. The van der Waals surface area contributed by atoms with Crippen molar-refractivity contribution in [3.05, 3.63) is 29.8 Å². The number of carbonyl (C=O) groups excluding carboxylic acids is 1. The molecule has 0 saturated heterocycles. The van der Waals surface area contributed by atoms with E-state index in [0.717, 1.165) is 29.2 Å². The summed E-state index contributed by atoms with van der Waals surface area (Å²) in [6.07, 6.45) is 8.05. The fourth-order valence-corrected chi connectivity index (χ4v) is 2.44. The summed E-state index contributed by atoms with van der Waals surface area (Å²) in [6.45, 7) is 0. The highest BCUT2D eigenvalue weighted by Gasteiger charge is 2.18. The van der Waals surface area contributed by atoms with Crippen LogP contribution in [0, 0.1) is 0 Å². The maximum Gasteiger partial charge on any atom is 0.269 e. The topological polar surface area (TPSA) is 48.0 Å².